The summed E-state index contributed by atoms with van der Waals surface area (Å²) in [5.74, 6) is 0.0575. The lowest BCUT2D eigenvalue weighted by Gasteiger charge is -2.21. The van der Waals surface area contributed by atoms with Gasteiger partial charge in [-0.05, 0) is 38.8 Å². The van der Waals surface area contributed by atoms with Gasteiger partial charge in [0.15, 0.2) is 0 Å². The molecule has 0 radical (unpaired) electrons. The van der Waals surface area contributed by atoms with E-state index in [1.54, 1.807) is 4.90 Å². The molecule has 0 atom stereocenters. The van der Waals surface area contributed by atoms with Crippen molar-refractivity contribution in [2.24, 2.45) is 0 Å². The number of hydrogen-bond acceptors (Lipinski definition) is 2. The van der Waals surface area contributed by atoms with Gasteiger partial charge in [-0.15, -0.1) is 0 Å². The minimum absolute atomic E-state index is 0.0575. The molecule has 0 saturated heterocycles. The second-order valence-corrected chi connectivity index (χ2v) is 4.28. The third kappa shape index (κ3) is 3.56. The first-order valence-corrected chi connectivity index (χ1v) is 6.07. The molecule has 3 nitrogen and oxygen atoms in total. The Kier molecular flexibility index (Phi) is 5.16. The number of nitrogens with zero attached hydrogens (tertiary/aromatic N) is 1. The van der Waals surface area contributed by atoms with Crippen molar-refractivity contribution in [1.29, 1.82) is 0 Å². The van der Waals surface area contributed by atoms with Crippen LogP contribution in [0.1, 0.15) is 34.8 Å². The van der Waals surface area contributed by atoms with Gasteiger partial charge < -0.3 is 10.0 Å². The Bertz CT molecular complexity index is 388. The monoisotopic (exact) mass is 235 g/mol. The highest BCUT2D eigenvalue weighted by Crippen LogP contribution is 2.13. The standard InChI is InChI=1S/C14H21NO2/c1-4-15(8-5-9-16)14(17)13-10-11(2)6-7-12(13)3/h6-7,10,16H,4-5,8-9H2,1-3H3. The number of benzene rings is 1. The molecule has 0 aliphatic carbocycles. The molecule has 0 fully saturated rings. The summed E-state index contributed by atoms with van der Waals surface area (Å²) in [7, 11) is 0. The number of carbonyl (C=O) groups is 1. The summed E-state index contributed by atoms with van der Waals surface area (Å²) in [6.45, 7) is 7.30. The molecule has 0 heterocycles. The number of hydrogen-bond donors (Lipinski definition) is 1. The van der Waals surface area contributed by atoms with Crippen molar-refractivity contribution in [3.8, 4) is 0 Å². The normalized spacial score (nSPS) is 10.4. The van der Waals surface area contributed by atoms with Gasteiger partial charge in [0.05, 0.1) is 0 Å². The maximum absolute atomic E-state index is 12.3. The van der Waals surface area contributed by atoms with Crippen molar-refractivity contribution in [1.82, 2.24) is 4.90 Å². The summed E-state index contributed by atoms with van der Waals surface area (Å²) in [5, 5.41) is 8.82. The number of aryl methyl sites for hydroxylation is 2. The van der Waals surface area contributed by atoms with E-state index in [1.807, 2.05) is 39.0 Å². The van der Waals surface area contributed by atoms with Crippen LogP contribution in [0.4, 0.5) is 0 Å². The molecule has 17 heavy (non-hydrogen) atoms. The molecule has 3 heteroatoms. The first kappa shape index (κ1) is 13.7. The number of amides is 1. The molecule has 0 aromatic heterocycles. The zero-order valence-corrected chi connectivity index (χ0v) is 10.9. The van der Waals surface area contributed by atoms with Crippen molar-refractivity contribution < 1.29 is 9.90 Å². The number of aliphatic hydroxyl groups is 1. The predicted molar refractivity (Wildman–Crippen MR) is 69.2 cm³/mol. The lowest BCUT2D eigenvalue weighted by atomic mass is 10.0. The first-order valence-electron chi connectivity index (χ1n) is 6.07. The minimum atomic E-state index is 0.0575. The van der Waals surface area contributed by atoms with Crippen LogP contribution >= 0.6 is 0 Å². The van der Waals surface area contributed by atoms with Crippen molar-refractivity contribution in [2.75, 3.05) is 19.7 Å². The molecule has 0 saturated carbocycles. The molecule has 0 aliphatic heterocycles. The molecule has 0 unspecified atom stereocenters. The summed E-state index contributed by atoms with van der Waals surface area (Å²) in [6.07, 6.45) is 0.629. The molecular weight excluding hydrogens is 214 g/mol. The van der Waals surface area contributed by atoms with Gasteiger partial charge in [0, 0.05) is 25.3 Å². The maximum atomic E-state index is 12.3. The van der Waals surface area contributed by atoms with Gasteiger partial charge in [0.2, 0.25) is 0 Å². The average Bonchev–Trinajstić information content (AvgIpc) is 2.33. The molecule has 0 aliphatic rings. The zero-order valence-electron chi connectivity index (χ0n) is 10.9. The Labute approximate surface area is 103 Å². The third-order valence-electron chi connectivity index (χ3n) is 2.88. The molecule has 1 aromatic carbocycles. The molecular formula is C14H21NO2. The first-order chi connectivity index (χ1) is 8.10. The van der Waals surface area contributed by atoms with Crippen LogP contribution < -0.4 is 0 Å². The van der Waals surface area contributed by atoms with E-state index >= 15 is 0 Å². The highest BCUT2D eigenvalue weighted by Gasteiger charge is 2.15. The van der Waals surface area contributed by atoms with E-state index in [2.05, 4.69) is 0 Å². The van der Waals surface area contributed by atoms with E-state index in [-0.39, 0.29) is 12.5 Å². The SMILES string of the molecule is CCN(CCCO)C(=O)c1cc(C)ccc1C. The van der Waals surface area contributed by atoms with Crippen LogP contribution in [-0.4, -0.2) is 35.6 Å². The molecule has 0 bridgehead atoms. The minimum Gasteiger partial charge on any atom is -0.396 e. The van der Waals surface area contributed by atoms with Gasteiger partial charge >= 0.3 is 0 Å². The van der Waals surface area contributed by atoms with Gasteiger partial charge in [0.25, 0.3) is 5.91 Å². The molecule has 0 spiro atoms. The van der Waals surface area contributed by atoms with E-state index in [0.717, 1.165) is 16.7 Å². The molecule has 1 aromatic rings. The van der Waals surface area contributed by atoms with Crippen LogP contribution in [0.25, 0.3) is 0 Å². The quantitative estimate of drug-likeness (QED) is 0.849. The van der Waals surface area contributed by atoms with Gasteiger partial charge in [-0.25, -0.2) is 0 Å². The van der Waals surface area contributed by atoms with Crippen LogP contribution in [-0.2, 0) is 0 Å². The summed E-state index contributed by atoms with van der Waals surface area (Å²) in [4.78, 5) is 14.1. The van der Waals surface area contributed by atoms with Crippen LogP contribution in [0.2, 0.25) is 0 Å². The van der Waals surface area contributed by atoms with E-state index in [4.69, 9.17) is 5.11 Å². The Balaban J connectivity index is 2.89. The highest BCUT2D eigenvalue weighted by molar-refractivity contribution is 5.95. The van der Waals surface area contributed by atoms with Crippen LogP contribution in [0.3, 0.4) is 0 Å². The molecule has 94 valence electrons. The van der Waals surface area contributed by atoms with Gasteiger partial charge in [-0.3, -0.25) is 4.79 Å². The molecule has 1 rings (SSSR count). The highest BCUT2D eigenvalue weighted by atomic mass is 16.3. The van der Waals surface area contributed by atoms with Crippen LogP contribution in [0.5, 0.6) is 0 Å². The van der Waals surface area contributed by atoms with Crippen molar-refractivity contribution in [2.45, 2.75) is 27.2 Å². The largest absolute Gasteiger partial charge is 0.396 e. The molecule has 1 N–H and O–H groups in total. The van der Waals surface area contributed by atoms with Crippen molar-refractivity contribution in [3.63, 3.8) is 0 Å². The number of aliphatic hydroxyl groups excluding tert-OH is 1. The topological polar surface area (TPSA) is 40.5 Å². The summed E-state index contributed by atoms with van der Waals surface area (Å²) < 4.78 is 0. The lowest BCUT2D eigenvalue weighted by molar-refractivity contribution is 0.0753. The second kappa shape index (κ2) is 6.40. The van der Waals surface area contributed by atoms with E-state index in [0.29, 0.717) is 19.5 Å². The fourth-order valence-corrected chi connectivity index (χ4v) is 1.80. The fraction of sp³-hybridized carbons (Fsp3) is 0.500. The predicted octanol–water partition coefficient (Wildman–Crippen LogP) is 2.15. The maximum Gasteiger partial charge on any atom is 0.254 e. The number of carbonyl (C=O) groups excluding carboxylic acids is 1. The Morgan fingerprint density at radius 1 is 1.35 bits per heavy atom. The van der Waals surface area contributed by atoms with E-state index in [1.165, 1.54) is 0 Å². The van der Waals surface area contributed by atoms with Crippen LogP contribution in [0, 0.1) is 13.8 Å². The Hall–Kier alpha value is -1.35. The average molecular weight is 235 g/mol. The smallest absolute Gasteiger partial charge is 0.254 e. The van der Waals surface area contributed by atoms with Crippen molar-refractivity contribution in [3.05, 3.63) is 34.9 Å². The summed E-state index contributed by atoms with van der Waals surface area (Å²) in [6, 6.07) is 5.91. The summed E-state index contributed by atoms with van der Waals surface area (Å²) >= 11 is 0. The summed E-state index contributed by atoms with van der Waals surface area (Å²) in [5.41, 5.74) is 2.87. The second-order valence-electron chi connectivity index (χ2n) is 4.28. The van der Waals surface area contributed by atoms with E-state index in [9.17, 15) is 4.79 Å². The van der Waals surface area contributed by atoms with E-state index < -0.39 is 0 Å². The molecule has 1 amide bonds. The van der Waals surface area contributed by atoms with Gasteiger partial charge in [-0.2, -0.15) is 0 Å². The third-order valence-corrected chi connectivity index (χ3v) is 2.88. The van der Waals surface area contributed by atoms with Crippen LogP contribution in [0.15, 0.2) is 18.2 Å². The van der Waals surface area contributed by atoms with Crippen molar-refractivity contribution >= 4 is 5.91 Å². The number of rotatable bonds is 5. The van der Waals surface area contributed by atoms with Gasteiger partial charge in [-0.1, -0.05) is 17.7 Å². The fourth-order valence-electron chi connectivity index (χ4n) is 1.80. The Morgan fingerprint density at radius 3 is 2.65 bits per heavy atom. The van der Waals surface area contributed by atoms with Gasteiger partial charge in [0.1, 0.15) is 0 Å². The lowest BCUT2D eigenvalue weighted by Crippen LogP contribution is -2.32. The zero-order chi connectivity index (χ0) is 12.8. The Morgan fingerprint density at radius 2 is 2.06 bits per heavy atom.